The number of aryl methyl sites for hydroxylation is 1. The fourth-order valence-electron chi connectivity index (χ4n) is 1.87. The third kappa shape index (κ3) is 3.07. The van der Waals surface area contributed by atoms with Gasteiger partial charge in [0.2, 0.25) is 0 Å². The van der Waals surface area contributed by atoms with Crippen LogP contribution in [0.15, 0.2) is 36.4 Å². The first kappa shape index (κ1) is 14.3. The Bertz CT molecular complexity index is 550. The average Bonchev–Trinajstić information content (AvgIpc) is 2.39. The molecule has 0 amide bonds. The van der Waals surface area contributed by atoms with Crippen molar-refractivity contribution in [3.8, 4) is 0 Å². The first-order chi connectivity index (χ1) is 9.02. The van der Waals surface area contributed by atoms with Crippen molar-refractivity contribution >= 4 is 23.2 Å². The van der Waals surface area contributed by atoms with Gasteiger partial charge in [-0.25, -0.2) is 9.82 Å². The van der Waals surface area contributed by atoms with Gasteiger partial charge in [-0.2, -0.15) is 0 Å². The molecular weight excluding hydrogens is 286 g/mol. The van der Waals surface area contributed by atoms with Gasteiger partial charge in [-0.15, -0.1) is 0 Å². The van der Waals surface area contributed by atoms with E-state index in [0.29, 0.717) is 10.6 Å². The van der Waals surface area contributed by atoms with Gasteiger partial charge in [0, 0.05) is 5.02 Å². The molecule has 0 saturated heterocycles. The summed E-state index contributed by atoms with van der Waals surface area (Å²) in [5.74, 6) is 5.09. The SMILES string of the molecule is Cc1ccc(C(NN)c2ccc(Cl)c(F)c2)cc1Cl. The van der Waals surface area contributed by atoms with Crippen molar-refractivity contribution in [2.45, 2.75) is 13.0 Å². The van der Waals surface area contributed by atoms with Crippen molar-refractivity contribution in [3.63, 3.8) is 0 Å². The number of halogens is 3. The Morgan fingerprint density at radius 3 is 2.26 bits per heavy atom. The maximum atomic E-state index is 13.5. The Kier molecular flexibility index (Phi) is 4.42. The highest BCUT2D eigenvalue weighted by atomic mass is 35.5. The van der Waals surface area contributed by atoms with Gasteiger partial charge in [-0.05, 0) is 41.8 Å². The van der Waals surface area contributed by atoms with E-state index < -0.39 is 5.82 Å². The summed E-state index contributed by atoms with van der Waals surface area (Å²) in [6.07, 6.45) is 0. The van der Waals surface area contributed by atoms with E-state index in [-0.39, 0.29) is 11.1 Å². The van der Waals surface area contributed by atoms with Crippen LogP contribution < -0.4 is 11.3 Å². The average molecular weight is 299 g/mol. The van der Waals surface area contributed by atoms with Crippen molar-refractivity contribution in [1.82, 2.24) is 5.43 Å². The first-order valence-electron chi connectivity index (χ1n) is 5.70. The van der Waals surface area contributed by atoms with Crippen LogP contribution in [0.25, 0.3) is 0 Å². The zero-order chi connectivity index (χ0) is 14.0. The van der Waals surface area contributed by atoms with Crippen molar-refractivity contribution in [2.24, 2.45) is 5.84 Å². The molecule has 0 radical (unpaired) electrons. The van der Waals surface area contributed by atoms with Crippen LogP contribution in [0.4, 0.5) is 4.39 Å². The lowest BCUT2D eigenvalue weighted by Crippen LogP contribution is -2.28. The minimum Gasteiger partial charge on any atom is -0.271 e. The summed E-state index contributed by atoms with van der Waals surface area (Å²) < 4.78 is 13.5. The number of nitrogens with one attached hydrogen (secondary N) is 1. The molecule has 1 atom stereocenters. The molecule has 0 aliphatic rings. The van der Waals surface area contributed by atoms with Crippen LogP contribution in [0.5, 0.6) is 0 Å². The van der Waals surface area contributed by atoms with Crippen LogP contribution >= 0.6 is 23.2 Å². The minimum absolute atomic E-state index is 0.0847. The van der Waals surface area contributed by atoms with Crippen LogP contribution in [0.2, 0.25) is 10.0 Å². The van der Waals surface area contributed by atoms with Gasteiger partial charge in [0.1, 0.15) is 5.82 Å². The van der Waals surface area contributed by atoms with E-state index in [2.05, 4.69) is 5.43 Å². The molecule has 100 valence electrons. The third-order valence-electron chi connectivity index (χ3n) is 2.97. The van der Waals surface area contributed by atoms with E-state index in [1.165, 1.54) is 12.1 Å². The molecule has 5 heteroatoms. The van der Waals surface area contributed by atoms with Gasteiger partial charge in [0.15, 0.2) is 0 Å². The summed E-state index contributed by atoms with van der Waals surface area (Å²) in [7, 11) is 0. The maximum Gasteiger partial charge on any atom is 0.142 e. The van der Waals surface area contributed by atoms with Crippen LogP contribution in [-0.2, 0) is 0 Å². The van der Waals surface area contributed by atoms with E-state index in [9.17, 15) is 4.39 Å². The van der Waals surface area contributed by atoms with Gasteiger partial charge >= 0.3 is 0 Å². The summed E-state index contributed by atoms with van der Waals surface area (Å²) in [5.41, 5.74) is 5.18. The molecule has 0 fully saturated rings. The highest BCUT2D eigenvalue weighted by molar-refractivity contribution is 6.31. The second kappa shape index (κ2) is 5.88. The number of hydrazine groups is 1. The van der Waals surface area contributed by atoms with Crippen LogP contribution in [-0.4, -0.2) is 0 Å². The monoisotopic (exact) mass is 298 g/mol. The van der Waals surface area contributed by atoms with Crippen LogP contribution in [0.1, 0.15) is 22.7 Å². The molecule has 0 aliphatic carbocycles. The molecule has 0 saturated carbocycles. The molecule has 0 heterocycles. The fraction of sp³-hybridized carbons (Fsp3) is 0.143. The Labute approximate surface area is 121 Å². The summed E-state index contributed by atoms with van der Waals surface area (Å²) in [6.45, 7) is 1.92. The maximum absolute atomic E-state index is 13.5. The summed E-state index contributed by atoms with van der Waals surface area (Å²) in [4.78, 5) is 0. The molecule has 0 spiro atoms. The number of nitrogens with two attached hydrogens (primary N) is 1. The van der Waals surface area contributed by atoms with Crippen LogP contribution in [0.3, 0.4) is 0 Å². The molecule has 2 aromatic rings. The lowest BCUT2D eigenvalue weighted by Gasteiger charge is -2.18. The minimum atomic E-state index is -0.474. The fourth-order valence-corrected chi connectivity index (χ4v) is 2.17. The zero-order valence-electron chi connectivity index (χ0n) is 10.3. The van der Waals surface area contributed by atoms with Crippen molar-refractivity contribution in [2.75, 3.05) is 0 Å². The molecule has 0 bridgehead atoms. The van der Waals surface area contributed by atoms with Crippen LogP contribution in [0, 0.1) is 12.7 Å². The molecule has 0 aliphatic heterocycles. The first-order valence-corrected chi connectivity index (χ1v) is 6.45. The number of hydrogen-bond donors (Lipinski definition) is 2. The zero-order valence-corrected chi connectivity index (χ0v) is 11.8. The third-order valence-corrected chi connectivity index (χ3v) is 3.69. The summed E-state index contributed by atoms with van der Waals surface area (Å²) in [5, 5.41) is 0.730. The lowest BCUT2D eigenvalue weighted by atomic mass is 9.98. The van der Waals surface area contributed by atoms with Crippen molar-refractivity contribution in [3.05, 3.63) is 69.0 Å². The summed E-state index contributed by atoms with van der Waals surface area (Å²) in [6, 6.07) is 9.86. The molecule has 0 aromatic heterocycles. The molecule has 19 heavy (non-hydrogen) atoms. The Morgan fingerprint density at radius 2 is 1.68 bits per heavy atom. The Hall–Kier alpha value is -1.13. The largest absolute Gasteiger partial charge is 0.271 e. The topological polar surface area (TPSA) is 38.0 Å². The number of hydrogen-bond acceptors (Lipinski definition) is 2. The predicted octanol–water partition coefficient (Wildman–Crippen LogP) is 3.99. The van der Waals surface area contributed by atoms with Gasteiger partial charge in [0.25, 0.3) is 0 Å². The standard InChI is InChI=1S/C14H13Cl2FN2/c1-8-2-3-9(6-12(8)16)14(19-18)10-4-5-11(15)13(17)7-10/h2-7,14,19H,18H2,1H3. The highest BCUT2D eigenvalue weighted by Gasteiger charge is 2.15. The van der Waals surface area contributed by atoms with E-state index in [4.69, 9.17) is 29.0 Å². The van der Waals surface area contributed by atoms with E-state index in [1.807, 2.05) is 25.1 Å². The number of benzene rings is 2. The number of rotatable bonds is 3. The Morgan fingerprint density at radius 1 is 1.05 bits per heavy atom. The van der Waals surface area contributed by atoms with E-state index in [1.54, 1.807) is 6.07 Å². The molecule has 2 aromatic carbocycles. The highest BCUT2D eigenvalue weighted by Crippen LogP contribution is 2.27. The lowest BCUT2D eigenvalue weighted by molar-refractivity contribution is 0.605. The molecule has 1 unspecified atom stereocenters. The quantitative estimate of drug-likeness (QED) is 0.664. The normalized spacial score (nSPS) is 12.5. The van der Waals surface area contributed by atoms with Crippen molar-refractivity contribution < 1.29 is 4.39 Å². The second-order valence-electron chi connectivity index (χ2n) is 4.28. The van der Waals surface area contributed by atoms with Gasteiger partial charge < -0.3 is 0 Å². The smallest absolute Gasteiger partial charge is 0.142 e. The molecule has 2 rings (SSSR count). The molecular formula is C14H13Cl2FN2. The summed E-state index contributed by atoms with van der Waals surface area (Å²) >= 11 is 11.8. The van der Waals surface area contributed by atoms with Gasteiger partial charge in [-0.1, -0.05) is 41.4 Å². The van der Waals surface area contributed by atoms with Gasteiger partial charge in [0.05, 0.1) is 11.1 Å². The predicted molar refractivity (Wildman–Crippen MR) is 76.8 cm³/mol. The van der Waals surface area contributed by atoms with E-state index in [0.717, 1.165) is 11.1 Å². The molecule has 2 nitrogen and oxygen atoms in total. The van der Waals surface area contributed by atoms with E-state index >= 15 is 0 Å². The molecule has 3 N–H and O–H groups in total. The van der Waals surface area contributed by atoms with Gasteiger partial charge in [-0.3, -0.25) is 5.84 Å². The van der Waals surface area contributed by atoms with Crippen molar-refractivity contribution in [1.29, 1.82) is 0 Å². The second-order valence-corrected chi connectivity index (χ2v) is 5.10. The Balaban J connectivity index is 2.43.